The lowest BCUT2D eigenvalue weighted by molar-refractivity contribution is 0.0517. The van der Waals surface area contributed by atoms with Gasteiger partial charge in [-0.25, -0.2) is 9.59 Å². The van der Waals surface area contributed by atoms with Crippen LogP contribution in [0.15, 0.2) is 6.07 Å². The number of aromatic hydroxyl groups is 1. The van der Waals surface area contributed by atoms with Gasteiger partial charge in [-0.3, -0.25) is 0 Å². The van der Waals surface area contributed by atoms with Gasteiger partial charge in [0.1, 0.15) is 16.9 Å². The standard InChI is InChI=1S/C14H18O5/c1-5-18-13(16)10-8(3)7-9(4)11(12(10)15)14(17)19-6-2/h7,15H,5-6H2,1-4H3. The molecule has 0 spiro atoms. The smallest absolute Gasteiger partial charge is 0.342 e. The van der Waals surface area contributed by atoms with Crippen molar-refractivity contribution in [3.05, 3.63) is 28.3 Å². The van der Waals surface area contributed by atoms with Gasteiger partial charge in [-0.15, -0.1) is 0 Å². The number of benzene rings is 1. The summed E-state index contributed by atoms with van der Waals surface area (Å²) in [5.41, 5.74) is 1.13. The number of phenolic OH excluding ortho intramolecular Hbond substituents is 1. The van der Waals surface area contributed by atoms with E-state index >= 15 is 0 Å². The summed E-state index contributed by atoms with van der Waals surface area (Å²) in [6, 6.07) is 1.65. The molecule has 5 nitrogen and oxygen atoms in total. The molecule has 1 aromatic carbocycles. The monoisotopic (exact) mass is 266 g/mol. The quantitative estimate of drug-likeness (QED) is 0.847. The van der Waals surface area contributed by atoms with Gasteiger partial charge in [0, 0.05) is 0 Å². The molecule has 0 radical (unpaired) electrons. The molecular weight excluding hydrogens is 248 g/mol. The maximum atomic E-state index is 11.8. The van der Waals surface area contributed by atoms with Gasteiger partial charge in [0.25, 0.3) is 0 Å². The number of esters is 2. The number of ether oxygens (including phenoxy) is 2. The summed E-state index contributed by atoms with van der Waals surface area (Å²) in [7, 11) is 0. The summed E-state index contributed by atoms with van der Waals surface area (Å²) in [5.74, 6) is -1.68. The summed E-state index contributed by atoms with van der Waals surface area (Å²) in [4.78, 5) is 23.6. The molecule has 104 valence electrons. The van der Waals surface area contributed by atoms with Gasteiger partial charge >= 0.3 is 11.9 Å². The van der Waals surface area contributed by atoms with Crippen molar-refractivity contribution in [1.29, 1.82) is 0 Å². The van der Waals surface area contributed by atoms with E-state index in [1.165, 1.54) is 0 Å². The molecule has 1 rings (SSSR count). The predicted octanol–water partition coefficient (Wildman–Crippen LogP) is 2.36. The van der Waals surface area contributed by atoms with Crippen LogP contribution in [0.1, 0.15) is 45.7 Å². The van der Waals surface area contributed by atoms with Crippen LogP contribution < -0.4 is 0 Å². The van der Waals surface area contributed by atoms with Gasteiger partial charge in [0.05, 0.1) is 13.2 Å². The summed E-state index contributed by atoms with van der Waals surface area (Å²) in [6.07, 6.45) is 0. The fourth-order valence-electron chi connectivity index (χ4n) is 1.89. The maximum Gasteiger partial charge on any atom is 0.342 e. The number of carbonyl (C=O) groups is 2. The molecule has 19 heavy (non-hydrogen) atoms. The summed E-state index contributed by atoms with van der Waals surface area (Å²) >= 11 is 0. The van der Waals surface area contributed by atoms with Crippen LogP contribution in [-0.2, 0) is 9.47 Å². The van der Waals surface area contributed by atoms with E-state index in [1.54, 1.807) is 33.8 Å². The van der Waals surface area contributed by atoms with Crippen LogP contribution in [0.4, 0.5) is 0 Å². The molecule has 0 amide bonds. The second-order valence-corrected chi connectivity index (χ2v) is 4.05. The molecule has 0 aliphatic heterocycles. The molecule has 0 bridgehead atoms. The molecule has 0 heterocycles. The van der Waals surface area contributed by atoms with Crippen molar-refractivity contribution >= 4 is 11.9 Å². The number of hydrogen-bond acceptors (Lipinski definition) is 5. The van der Waals surface area contributed by atoms with Gasteiger partial charge in [-0.05, 0) is 38.8 Å². The Labute approximate surface area is 112 Å². The second-order valence-electron chi connectivity index (χ2n) is 4.05. The zero-order valence-electron chi connectivity index (χ0n) is 11.6. The van der Waals surface area contributed by atoms with Crippen LogP contribution in [-0.4, -0.2) is 30.3 Å². The van der Waals surface area contributed by atoms with Crippen molar-refractivity contribution in [1.82, 2.24) is 0 Å². The maximum absolute atomic E-state index is 11.8. The number of aryl methyl sites for hydroxylation is 2. The van der Waals surface area contributed by atoms with E-state index < -0.39 is 11.9 Å². The number of phenols is 1. The highest BCUT2D eigenvalue weighted by molar-refractivity contribution is 6.02. The molecule has 1 N–H and O–H groups in total. The Bertz CT molecular complexity index is 463. The SMILES string of the molecule is CCOC(=O)c1c(C)cc(C)c(C(=O)OCC)c1O. The van der Waals surface area contributed by atoms with Crippen molar-refractivity contribution in [2.24, 2.45) is 0 Å². The highest BCUT2D eigenvalue weighted by Gasteiger charge is 2.25. The van der Waals surface area contributed by atoms with Crippen LogP contribution >= 0.6 is 0 Å². The Morgan fingerprint density at radius 2 is 1.37 bits per heavy atom. The molecule has 0 atom stereocenters. The van der Waals surface area contributed by atoms with Crippen molar-refractivity contribution in [2.75, 3.05) is 13.2 Å². The molecule has 1 aromatic rings. The van der Waals surface area contributed by atoms with Gasteiger partial charge in [0.2, 0.25) is 0 Å². The van der Waals surface area contributed by atoms with E-state index in [1.807, 2.05) is 0 Å². The number of hydrogen-bond donors (Lipinski definition) is 1. The predicted molar refractivity (Wildman–Crippen MR) is 69.5 cm³/mol. The molecule has 5 heteroatoms. The molecule has 0 aromatic heterocycles. The summed E-state index contributed by atoms with van der Waals surface area (Å²) in [5, 5.41) is 10.1. The Kier molecular flexibility index (Phi) is 4.92. The minimum atomic E-state index is -0.650. The second kappa shape index (κ2) is 6.22. The van der Waals surface area contributed by atoms with Crippen molar-refractivity contribution in [2.45, 2.75) is 27.7 Å². The van der Waals surface area contributed by atoms with Crippen molar-refractivity contribution in [3.8, 4) is 5.75 Å². The first-order valence-electron chi connectivity index (χ1n) is 6.11. The molecule has 0 aliphatic rings. The molecule has 0 saturated heterocycles. The third-order valence-corrected chi connectivity index (χ3v) is 2.65. The molecule has 0 aliphatic carbocycles. The van der Waals surface area contributed by atoms with Gasteiger partial charge in [-0.1, -0.05) is 6.07 Å². The fraction of sp³-hybridized carbons (Fsp3) is 0.429. The van der Waals surface area contributed by atoms with E-state index in [2.05, 4.69) is 0 Å². The van der Waals surface area contributed by atoms with Crippen molar-refractivity contribution in [3.63, 3.8) is 0 Å². The minimum Gasteiger partial charge on any atom is -0.506 e. The molecule has 0 unspecified atom stereocenters. The largest absolute Gasteiger partial charge is 0.506 e. The van der Waals surface area contributed by atoms with E-state index in [0.717, 1.165) is 0 Å². The first-order chi connectivity index (χ1) is 8.93. The lowest BCUT2D eigenvalue weighted by Crippen LogP contribution is -2.13. The van der Waals surface area contributed by atoms with Gasteiger partial charge in [0.15, 0.2) is 0 Å². The Morgan fingerprint density at radius 1 is 1.00 bits per heavy atom. The van der Waals surface area contributed by atoms with Crippen LogP contribution in [0.25, 0.3) is 0 Å². The summed E-state index contributed by atoms with van der Waals surface area (Å²) in [6.45, 7) is 7.08. The van der Waals surface area contributed by atoms with E-state index in [-0.39, 0.29) is 30.1 Å². The Morgan fingerprint density at radius 3 is 1.68 bits per heavy atom. The van der Waals surface area contributed by atoms with Gasteiger partial charge < -0.3 is 14.6 Å². The van der Waals surface area contributed by atoms with Gasteiger partial charge in [-0.2, -0.15) is 0 Å². The third-order valence-electron chi connectivity index (χ3n) is 2.65. The third kappa shape index (κ3) is 3.05. The van der Waals surface area contributed by atoms with E-state index in [4.69, 9.17) is 9.47 Å². The summed E-state index contributed by atoms with van der Waals surface area (Å²) < 4.78 is 9.75. The topological polar surface area (TPSA) is 72.8 Å². The first kappa shape index (κ1) is 15.0. The number of rotatable bonds is 4. The number of carbonyl (C=O) groups excluding carboxylic acids is 2. The average Bonchev–Trinajstić information content (AvgIpc) is 2.28. The minimum absolute atomic E-state index is 0.00973. The van der Waals surface area contributed by atoms with Crippen molar-refractivity contribution < 1.29 is 24.2 Å². The average molecular weight is 266 g/mol. The first-order valence-corrected chi connectivity index (χ1v) is 6.11. The van der Waals surface area contributed by atoms with Crippen LogP contribution in [0.2, 0.25) is 0 Å². The zero-order valence-corrected chi connectivity index (χ0v) is 11.6. The zero-order chi connectivity index (χ0) is 14.6. The highest BCUT2D eigenvalue weighted by atomic mass is 16.5. The molecule has 0 saturated carbocycles. The lowest BCUT2D eigenvalue weighted by atomic mass is 9.98. The lowest BCUT2D eigenvalue weighted by Gasteiger charge is -2.13. The van der Waals surface area contributed by atoms with Crippen LogP contribution in [0.3, 0.4) is 0 Å². The fourth-order valence-corrected chi connectivity index (χ4v) is 1.89. The molecule has 0 fully saturated rings. The Balaban J connectivity index is 3.38. The Hall–Kier alpha value is -2.04. The highest BCUT2D eigenvalue weighted by Crippen LogP contribution is 2.30. The van der Waals surface area contributed by atoms with E-state index in [0.29, 0.717) is 11.1 Å². The normalized spacial score (nSPS) is 10.1. The van der Waals surface area contributed by atoms with E-state index in [9.17, 15) is 14.7 Å². The van der Waals surface area contributed by atoms with Crippen LogP contribution in [0, 0.1) is 13.8 Å². The van der Waals surface area contributed by atoms with Crippen LogP contribution in [0.5, 0.6) is 5.75 Å². The molecular formula is C14H18O5.